The van der Waals surface area contributed by atoms with E-state index in [0.29, 0.717) is 63.0 Å². The average Bonchev–Trinajstić information content (AvgIpc) is 3.28. The Morgan fingerprint density at radius 3 is 2.21 bits per heavy atom. The second-order valence-electron chi connectivity index (χ2n) is 14.2. The van der Waals surface area contributed by atoms with Gasteiger partial charge in [0.1, 0.15) is 23.2 Å². The molecule has 13 heteroatoms. The number of nitrogens with one attached hydrogen (secondary N) is 2. The van der Waals surface area contributed by atoms with E-state index in [-0.39, 0.29) is 28.2 Å². The van der Waals surface area contributed by atoms with Crippen LogP contribution in [0.15, 0.2) is 114 Å². The molecule has 4 aromatic carbocycles. The number of halogens is 3. The zero-order chi connectivity index (χ0) is 43.3. The summed E-state index contributed by atoms with van der Waals surface area (Å²) in [5.74, 6) is 0.975. The van der Waals surface area contributed by atoms with Crippen LogP contribution in [0.25, 0.3) is 32.9 Å². The van der Waals surface area contributed by atoms with Crippen LogP contribution in [0, 0.1) is 17.5 Å². The number of nitrogens with zero attached hydrogens (tertiary/aromatic N) is 3. The molecule has 7 aromatic rings. The summed E-state index contributed by atoms with van der Waals surface area (Å²) in [5.41, 5.74) is 3.27. The van der Waals surface area contributed by atoms with Crippen LogP contribution in [0.5, 0.6) is 23.0 Å². The van der Waals surface area contributed by atoms with Crippen LogP contribution in [0.1, 0.15) is 45.6 Å². The number of ether oxygens (including phenoxy) is 4. The topological polar surface area (TPSA) is 111 Å². The Hall–Kier alpha value is -6.44. The normalized spacial score (nSPS) is 12.6. The highest BCUT2D eigenvalue weighted by Gasteiger charge is 2.17. The molecule has 0 saturated carbocycles. The molecule has 1 aliphatic heterocycles. The third-order valence-electron chi connectivity index (χ3n) is 9.87. The number of aromatic nitrogens is 3. The first kappa shape index (κ1) is 44.1. The van der Waals surface area contributed by atoms with Gasteiger partial charge in [0.05, 0.1) is 43.4 Å². The summed E-state index contributed by atoms with van der Waals surface area (Å²) in [6.45, 7) is 13.0. The van der Waals surface area contributed by atoms with Crippen LogP contribution in [0.3, 0.4) is 0 Å². The molecule has 10 nitrogen and oxygen atoms in total. The third kappa shape index (κ3) is 11.2. The minimum absolute atomic E-state index is 0.0113. The summed E-state index contributed by atoms with van der Waals surface area (Å²) in [6.07, 6.45) is 5.56. The number of aromatic amines is 1. The van der Waals surface area contributed by atoms with Crippen LogP contribution >= 0.6 is 0 Å². The zero-order valence-electron chi connectivity index (χ0n) is 34.9. The fourth-order valence-electron chi connectivity index (χ4n) is 6.65. The number of hydrogen-bond acceptors (Lipinski definition) is 9. The van der Waals surface area contributed by atoms with Gasteiger partial charge in [-0.15, -0.1) is 0 Å². The van der Waals surface area contributed by atoms with Crippen molar-refractivity contribution in [3.8, 4) is 34.1 Å². The van der Waals surface area contributed by atoms with Crippen LogP contribution in [-0.2, 0) is 4.74 Å². The standard InChI is InChI=1S/C37H33F2N5O5.C9H11F.C2H6/c1-46-33-20-26-30(21-34(33)48-16-2-13-44-14-17-47-18-15-44)40-12-10-31(26)49-32-8-7-25(19-28(32)39)43-37-35-29(9-11-41-37)42-22-27(36(35)45)23-3-5-24(38)6-4-23;1-7(2)8-3-5-9(10)6-4-8;1-2/h3-12,19-22H,2,13-18H2,1H3,(H,41,43)(H,42,45);3-7H,1-2H3;1-2H3. The summed E-state index contributed by atoms with van der Waals surface area (Å²) in [5, 5.41) is 3.97. The Bertz CT molecular complexity index is 2580. The van der Waals surface area contributed by atoms with Gasteiger partial charge < -0.3 is 29.2 Å². The molecule has 0 bridgehead atoms. The maximum atomic E-state index is 15.5. The van der Waals surface area contributed by atoms with E-state index in [1.54, 1.807) is 49.8 Å². The molecule has 1 fully saturated rings. The number of anilines is 2. The van der Waals surface area contributed by atoms with Gasteiger partial charge in [-0.1, -0.05) is 52.0 Å². The predicted octanol–water partition coefficient (Wildman–Crippen LogP) is 11.0. The summed E-state index contributed by atoms with van der Waals surface area (Å²) in [4.78, 5) is 27.8. The summed E-state index contributed by atoms with van der Waals surface area (Å²) >= 11 is 0. The van der Waals surface area contributed by atoms with Crippen molar-refractivity contribution in [2.45, 2.75) is 40.0 Å². The van der Waals surface area contributed by atoms with Crippen molar-refractivity contribution in [3.05, 3.63) is 143 Å². The van der Waals surface area contributed by atoms with Crippen molar-refractivity contribution >= 4 is 33.3 Å². The summed E-state index contributed by atoms with van der Waals surface area (Å²) in [6, 6.07) is 23.6. The lowest BCUT2D eigenvalue weighted by Gasteiger charge is -2.26. The SMILES string of the molecule is CC.CC(C)c1ccc(F)cc1.COc1cc2c(Oc3ccc(Nc4nccc5[nH]cc(-c6ccc(F)cc6)c(=O)c45)cc3F)ccnc2cc1OCCCN1CCOCC1. The van der Waals surface area contributed by atoms with E-state index in [9.17, 15) is 13.6 Å². The first-order valence-electron chi connectivity index (χ1n) is 20.3. The van der Waals surface area contributed by atoms with Gasteiger partial charge in [0, 0.05) is 67.0 Å². The van der Waals surface area contributed by atoms with E-state index in [2.05, 4.69) is 39.0 Å². The van der Waals surface area contributed by atoms with Gasteiger partial charge >= 0.3 is 0 Å². The van der Waals surface area contributed by atoms with Gasteiger partial charge in [0.2, 0.25) is 5.43 Å². The Labute approximate surface area is 353 Å². The summed E-state index contributed by atoms with van der Waals surface area (Å²) in [7, 11) is 1.56. The second kappa shape index (κ2) is 21.2. The molecule has 0 unspecified atom stereocenters. The van der Waals surface area contributed by atoms with Gasteiger partial charge in [0.25, 0.3) is 0 Å². The second-order valence-corrected chi connectivity index (χ2v) is 14.2. The van der Waals surface area contributed by atoms with E-state index in [0.717, 1.165) is 39.3 Å². The van der Waals surface area contributed by atoms with Gasteiger partial charge in [-0.05, 0) is 78.1 Å². The lowest BCUT2D eigenvalue weighted by molar-refractivity contribution is 0.0357. The highest BCUT2D eigenvalue weighted by Crippen LogP contribution is 2.38. The average molecular weight is 834 g/mol. The van der Waals surface area contributed by atoms with Crippen LogP contribution in [0.2, 0.25) is 0 Å². The Kier molecular flexibility index (Phi) is 15.3. The number of pyridine rings is 3. The number of fused-ring (bicyclic) bond motifs is 2. The van der Waals surface area contributed by atoms with Crippen molar-refractivity contribution in [1.82, 2.24) is 19.9 Å². The molecular weight excluding hydrogens is 784 g/mol. The molecule has 4 heterocycles. The van der Waals surface area contributed by atoms with E-state index >= 15 is 4.39 Å². The molecule has 3 aromatic heterocycles. The Morgan fingerprint density at radius 1 is 0.820 bits per heavy atom. The Morgan fingerprint density at radius 2 is 1.52 bits per heavy atom. The molecular formula is C48H50F3N5O5. The lowest BCUT2D eigenvalue weighted by atomic mass is 10.0. The van der Waals surface area contributed by atoms with E-state index < -0.39 is 11.6 Å². The van der Waals surface area contributed by atoms with Crippen molar-refractivity contribution in [1.29, 1.82) is 0 Å². The molecule has 8 rings (SSSR count). The largest absolute Gasteiger partial charge is 0.493 e. The third-order valence-corrected chi connectivity index (χ3v) is 9.87. The summed E-state index contributed by atoms with van der Waals surface area (Å²) < 4.78 is 64.5. The quantitative estimate of drug-likeness (QED) is 0.116. The van der Waals surface area contributed by atoms with Crippen molar-refractivity contribution in [2.75, 3.05) is 51.9 Å². The zero-order valence-corrected chi connectivity index (χ0v) is 34.9. The minimum Gasteiger partial charge on any atom is -0.493 e. The molecule has 0 radical (unpaired) electrons. The number of rotatable bonds is 12. The molecule has 1 aliphatic rings. The minimum atomic E-state index is -0.636. The van der Waals surface area contributed by atoms with Gasteiger partial charge in [-0.25, -0.2) is 18.2 Å². The van der Waals surface area contributed by atoms with Crippen LogP contribution in [-0.4, -0.2) is 66.4 Å². The number of benzene rings is 4. The van der Waals surface area contributed by atoms with E-state index in [1.807, 2.05) is 26.0 Å². The fourth-order valence-corrected chi connectivity index (χ4v) is 6.65. The molecule has 61 heavy (non-hydrogen) atoms. The lowest BCUT2D eigenvalue weighted by Crippen LogP contribution is -2.37. The van der Waals surface area contributed by atoms with Crippen molar-refractivity contribution < 1.29 is 32.1 Å². The smallest absolute Gasteiger partial charge is 0.200 e. The van der Waals surface area contributed by atoms with Crippen LogP contribution < -0.4 is 25.0 Å². The molecule has 0 spiro atoms. The molecule has 1 saturated heterocycles. The molecule has 0 aliphatic carbocycles. The maximum Gasteiger partial charge on any atom is 0.200 e. The maximum absolute atomic E-state index is 15.5. The monoisotopic (exact) mass is 833 g/mol. The van der Waals surface area contributed by atoms with Gasteiger partial charge in [-0.3, -0.25) is 14.7 Å². The van der Waals surface area contributed by atoms with Gasteiger partial charge in [0.15, 0.2) is 23.1 Å². The van der Waals surface area contributed by atoms with E-state index in [1.165, 1.54) is 60.3 Å². The Balaban J connectivity index is 0.000000452. The highest BCUT2D eigenvalue weighted by molar-refractivity contribution is 5.93. The van der Waals surface area contributed by atoms with Crippen LogP contribution in [0.4, 0.5) is 24.7 Å². The number of hydrogen-bond donors (Lipinski definition) is 2. The number of morpholine rings is 1. The predicted molar refractivity (Wildman–Crippen MR) is 235 cm³/mol. The first-order valence-corrected chi connectivity index (χ1v) is 20.3. The molecule has 0 amide bonds. The highest BCUT2D eigenvalue weighted by atomic mass is 19.1. The van der Waals surface area contributed by atoms with Gasteiger partial charge in [-0.2, -0.15) is 0 Å². The van der Waals surface area contributed by atoms with E-state index in [4.69, 9.17) is 18.9 Å². The van der Waals surface area contributed by atoms with Crippen molar-refractivity contribution in [3.63, 3.8) is 0 Å². The molecule has 318 valence electrons. The molecule has 2 N–H and O–H groups in total. The fraction of sp³-hybridized carbons (Fsp3) is 0.271. The number of methoxy groups -OCH3 is 1. The van der Waals surface area contributed by atoms with Crippen molar-refractivity contribution in [2.24, 2.45) is 0 Å². The number of H-pyrrole nitrogens is 1. The molecule has 0 atom stereocenters. The first-order chi connectivity index (χ1) is 29.7.